The molecule has 1 amide bonds. The average Bonchev–Trinajstić information content (AvgIpc) is 2.49. The van der Waals surface area contributed by atoms with E-state index in [4.69, 9.17) is 0 Å². The minimum atomic E-state index is -0.00366. The summed E-state index contributed by atoms with van der Waals surface area (Å²) in [6.07, 6.45) is 0. The molecule has 1 aromatic rings. The predicted molar refractivity (Wildman–Crippen MR) is 82.8 cm³/mol. The molecule has 2 heterocycles. The Labute approximate surface area is 125 Å². The molecule has 0 atom stereocenters. The molecule has 8 heteroatoms. The second-order valence-electron chi connectivity index (χ2n) is 4.73. The third-order valence-corrected chi connectivity index (χ3v) is 3.31. The van der Waals surface area contributed by atoms with Crippen molar-refractivity contribution >= 4 is 23.8 Å². The molecule has 2 N–H and O–H groups in total. The van der Waals surface area contributed by atoms with Gasteiger partial charge in [-0.1, -0.05) is 0 Å². The van der Waals surface area contributed by atoms with Crippen LogP contribution in [0, 0.1) is 0 Å². The van der Waals surface area contributed by atoms with Crippen LogP contribution >= 0.6 is 0 Å². The summed E-state index contributed by atoms with van der Waals surface area (Å²) in [6, 6.07) is 0. The number of carbonyl (C=O) groups excluding carboxylic acids is 1. The minimum absolute atomic E-state index is 0.00366. The second-order valence-corrected chi connectivity index (χ2v) is 4.73. The number of anilines is 3. The SMILES string of the molecule is CCNc1nc(N(CC)CC)nc(N2CCNC(=O)C2)n1. The summed E-state index contributed by atoms with van der Waals surface area (Å²) in [6.45, 7) is 10.1. The number of amides is 1. The van der Waals surface area contributed by atoms with Crippen molar-refractivity contribution in [1.82, 2.24) is 20.3 Å². The van der Waals surface area contributed by atoms with E-state index < -0.39 is 0 Å². The molecule has 1 aliphatic rings. The number of hydrogen-bond acceptors (Lipinski definition) is 7. The van der Waals surface area contributed by atoms with Crippen LogP contribution in [0.25, 0.3) is 0 Å². The van der Waals surface area contributed by atoms with Gasteiger partial charge in [-0.15, -0.1) is 0 Å². The summed E-state index contributed by atoms with van der Waals surface area (Å²) < 4.78 is 0. The van der Waals surface area contributed by atoms with E-state index in [0.717, 1.165) is 19.6 Å². The Morgan fingerprint density at radius 2 is 2.00 bits per heavy atom. The zero-order chi connectivity index (χ0) is 15.2. The van der Waals surface area contributed by atoms with Crippen LogP contribution < -0.4 is 20.4 Å². The Morgan fingerprint density at radius 1 is 1.24 bits per heavy atom. The van der Waals surface area contributed by atoms with Crippen molar-refractivity contribution in [2.75, 3.05) is 54.4 Å². The Morgan fingerprint density at radius 3 is 2.62 bits per heavy atom. The van der Waals surface area contributed by atoms with E-state index in [1.165, 1.54) is 0 Å². The van der Waals surface area contributed by atoms with E-state index in [1.54, 1.807) is 0 Å². The summed E-state index contributed by atoms with van der Waals surface area (Å²) in [5, 5.41) is 5.93. The third kappa shape index (κ3) is 3.71. The summed E-state index contributed by atoms with van der Waals surface area (Å²) in [5.74, 6) is 1.75. The highest BCUT2D eigenvalue weighted by Crippen LogP contribution is 2.17. The first kappa shape index (κ1) is 15.3. The fourth-order valence-electron chi connectivity index (χ4n) is 2.19. The van der Waals surface area contributed by atoms with Gasteiger partial charge in [0, 0.05) is 32.7 Å². The molecule has 116 valence electrons. The van der Waals surface area contributed by atoms with Gasteiger partial charge in [0.2, 0.25) is 23.8 Å². The summed E-state index contributed by atoms with van der Waals surface area (Å²) in [4.78, 5) is 28.9. The highest BCUT2D eigenvalue weighted by atomic mass is 16.2. The topological polar surface area (TPSA) is 86.3 Å². The molecule has 0 radical (unpaired) electrons. The van der Waals surface area contributed by atoms with Gasteiger partial charge in [-0.3, -0.25) is 4.79 Å². The molecule has 0 unspecified atom stereocenters. The molecule has 1 aliphatic heterocycles. The maximum Gasteiger partial charge on any atom is 0.239 e. The molecule has 0 bridgehead atoms. The summed E-state index contributed by atoms with van der Waals surface area (Å²) in [5.41, 5.74) is 0. The molecular weight excluding hydrogens is 270 g/mol. The van der Waals surface area contributed by atoms with Crippen LogP contribution in [0.4, 0.5) is 17.8 Å². The Hall–Kier alpha value is -2.12. The number of rotatable bonds is 6. The summed E-state index contributed by atoms with van der Waals surface area (Å²) in [7, 11) is 0. The van der Waals surface area contributed by atoms with Crippen LogP contribution in [0.3, 0.4) is 0 Å². The van der Waals surface area contributed by atoms with Crippen molar-refractivity contribution in [2.24, 2.45) is 0 Å². The Balaban J connectivity index is 2.32. The molecule has 0 aliphatic carbocycles. The van der Waals surface area contributed by atoms with Crippen LogP contribution in [-0.4, -0.2) is 60.1 Å². The molecule has 0 aromatic carbocycles. The molecule has 1 saturated heterocycles. The van der Waals surface area contributed by atoms with Gasteiger partial charge in [-0.25, -0.2) is 0 Å². The number of nitrogens with zero attached hydrogens (tertiary/aromatic N) is 5. The van der Waals surface area contributed by atoms with E-state index in [0.29, 0.717) is 30.9 Å². The number of hydrogen-bond donors (Lipinski definition) is 2. The lowest BCUT2D eigenvalue weighted by Crippen LogP contribution is -2.48. The Bertz CT molecular complexity index is 489. The van der Waals surface area contributed by atoms with Crippen LogP contribution in [-0.2, 0) is 4.79 Å². The highest BCUT2D eigenvalue weighted by Gasteiger charge is 2.21. The maximum atomic E-state index is 11.5. The highest BCUT2D eigenvalue weighted by molar-refractivity contribution is 5.82. The fourth-order valence-corrected chi connectivity index (χ4v) is 2.19. The standard InChI is InChI=1S/C13H23N7O/c1-4-14-11-16-12(19(5-2)6-3)18-13(17-11)20-8-7-15-10(21)9-20/h4-9H2,1-3H3,(H,15,21)(H,14,16,17,18). The van der Waals surface area contributed by atoms with Gasteiger partial charge < -0.3 is 20.4 Å². The van der Waals surface area contributed by atoms with Crippen molar-refractivity contribution in [1.29, 1.82) is 0 Å². The zero-order valence-corrected chi connectivity index (χ0v) is 12.9. The van der Waals surface area contributed by atoms with Gasteiger partial charge in [0.15, 0.2) is 0 Å². The van der Waals surface area contributed by atoms with Crippen LogP contribution in [0.15, 0.2) is 0 Å². The van der Waals surface area contributed by atoms with Crippen LogP contribution in [0.2, 0.25) is 0 Å². The number of carbonyl (C=O) groups is 1. The molecule has 1 fully saturated rings. The van der Waals surface area contributed by atoms with Crippen molar-refractivity contribution in [2.45, 2.75) is 20.8 Å². The molecule has 21 heavy (non-hydrogen) atoms. The van der Waals surface area contributed by atoms with E-state index in [-0.39, 0.29) is 12.5 Å². The van der Waals surface area contributed by atoms with Crippen LogP contribution in [0.1, 0.15) is 20.8 Å². The Kier molecular flexibility index (Phi) is 5.13. The van der Waals surface area contributed by atoms with Crippen molar-refractivity contribution in [3.05, 3.63) is 0 Å². The van der Waals surface area contributed by atoms with E-state index in [2.05, 4.69) is 44.3 Å². The predicted octanol–water partition coefficient (Wildman–Crippen LogP) is 0.0858. The minimum Gasteiger partial charge on any atom is -0.354 e. The van der Waals surface area contributed by atoms with E-state index in [9.17, 15) is 4.79 Å². The first-order chi connectivity index (χ1) is 10.2. The summed E-state index contributed by atoms with van der Waals surface area (Å²) >= 11 is 0. The van der Waals surface area contributed by atoms with Gasteiger partial charge >= 0.3 is 0 Å². The lowest BCUT2D eigenvalue weighted by atomic mass is 10.4. The maximum absolute atomic E-state index is 11.5. The molecule has 1 aromatic heterocycles. The third-order valence-electron chi connectivity index (χ3n) is 3.31. The smallest absolute Gasteiger partial charge is 0.239 e. The average molecular weight is 293 g/mol. The quantitative estimate of drug-likeness (QED) is 0.768. The normalized spacial score (nSPS) is 14.8. The molecular formula is C13H23N7O. The van der Waals surface area contributed by atoms with Gasteiger partial charge in [0.25, 0.3) is 0 Å². The molecule has 8 nitrogen and oxygen atoms in total. The van der Waals surface area contributed by atoms with Gasteiger partial charge in [0.05, 0.1) is 6.54 Å². The molecule has 0 saturated carbocycles. The van der Waals surface area contributed by atoms with E-state index >= 15 is 0 Å². The fraction of sp³-hybridized carbons (Fsp3) is 0.692. The van der Waals surface area contributed by atoms with Gasteiger partial charge in [0.1, 0.15) is 0 Å². The van der Waals surface area contributed by atoms with Crippen molar-refractivity contribution in [3.63, 3.8) is 0 Å². The van der Waals surface area contributed by atoms with Crippen molar-refractivity contribution in [3.8, 4) is 0 Å². The van der Waals surface area contributed by atoms with Gasteiger partial charge in [-0.05, 0) is 20.8 Å². The largest absolute Gasteiger partial charge is 0.354 e. The second kappa shape index (κ2) is 7.05. The van der Waals surface area contributed by atoms with Crippen molar-refractivity contribution < 1.29 is 4.79 Å². The molecule has 2 rings (SSSR count). The number of piperazine rings is 1. The number of nitrogens with one attached hydrogen (secondary N) is 2. The van der Waals surface area contributed by atoms with Gasteiger partial charge in [-0.2, -0.15) is 15.0 Å². The first-order valence-electron chi connectivity index (χ1n) is 7.44. The first-order valence-corrected chi connectivity index (χ1v) is 7.44. The zero-order valence-electron chi connectivity index (χ0n) is 12.9. The van der Waals surface area contributed by atoms with Crippen LogP contribution in [0.5, 0.6) is 0 Å². The lowest BCUT2D eigenvalue weighted by Gasteiger charge is -2.28. The monoisotopic (exact) mass is 293 g/mol. The number of aromatic nitrogens is 3. The lowest BCUT2D eigenvalue weighted by molar-refractivity contribution is -0.120. The van der Waals surface area contributed by atoms with E-state index in [1.807, 2.05) is 11.8 Å². The molecule has 0 spiro atoms.